The molecule has 2 N–H and O–H groups in total. The molecule has 0 spiro atoms. The molecule has 0 aliphatic rings. The van der Waals surface area contributed by atoms with Crippen molar-refractivity contribution in [3.63, 3.8) is 0 Å². The van der Waals surface area contributed by atoms with E-state index in [-0.39, 0.29) is 71.3 Å². The maximum absolute atomic E-state index is 9.51. The molecule has 0 saturated heterocycles. The van der Waals surface area contributed by atoms with E-state index in [0.29, 0.717) is 0 Å². The third-order valence-corrected chi connectivity index (χ3v) is 2.14. The van der Waals surface area contributed by atoms with Crippen molar-refractivity contribution in [2.75, 3.05) is 0 Å². The minimum absolute atomic E-state index is 0. The van der Waals surface area contributed by atoms with Crippen LogP contribution in [-0.4, -0.2) is 20.3 Å². The molecular weight excluding hydrogens is 144 g/mol. The molecule has 44 valence electrons. The summed E-state index contributed by atoms with van der Waals surface area (Å²) in [5, 5.41) is 0. The van der Waals surface area contributed by atoms with Gasteiger partial charge in [0.15, 0.2) is 10.5 Å². The van der Waals surface area contributed by atoms with Gasteiger partial charge < -0.3 is 18.3 Å². The van der Waals surface area contributed by atoms with Gasteiger partial charge in [-0.2, -0.15) is 0 Å². The fraction of sp³-hybridized carbons (Fsp3) is 0. The predicted molar refractivity (Wildman–Crippen MR) is 26.4 cm³/mol. The summed E-state index contributed by atoms with van der Waals surface area (Å²) < 4.78 is 13.2. The molecule has 0 amide bonds. The Bertz CT molecular complexity index is 89.6. The zero-order valence-electron chi connectivity index (χ0n) is 9.16. The van der Waals surface area contributed by atoms with Crippen LogP contribution in [0.5, 0.6) is 0 Å². The van der Waals surface area contributed by atoms with Crippen LogP contribution >= 0.6 is 7.82 Å². The van der Waals surface area contributed by atoms with Gasteiger partial charge in [-0.25, -0.2) is 4.57 Å². The van der Waals surface area contributed by atoms with Crippen LogP contribution in [0.3, 0.4) is 0 Å². The van der Waals surface area contributed by atoms with Crippen molar-refractivity contribution in [2.24, 2.45) is 0 Å². The van der Waals surface area contributed by atoms with Crippen molar-refractivity contribution < 1.29 is 79.4 Å². The zero-order chi connectivity index (χ0) is 5.21. The molecule has 0 aromatic heterocycles. The van der Waals surface area contributed by atoms with Gasteiger partial charge in [-0.3, -0.25) is 0 Å². The molecule has 0 atom stereocenters. The number of hydrogen-bond acceptors (Lipinski definition) is 2. The van der Waals surface area contributed by atoms with Crippen LogP contribution in [0.25, 0.3) is 0 Å². The van der Waals surface area contributed by atoms with Crippen molar-refractivity contribution in [1.82, 2.24) is 0 Å². The van der Waals surface area contributed by atoms with Crippen LogP contribution in [0.2, 0.25) is 0 Å². The standard InChI is InChI=1S/3Li.H5O4PSi.3H/c;;;1-5(2,3)4-6;;;/h;;;6H3,(H2,1,2,3);;;/q3*+1;;3*-1. The van der Waals surface area contributed by atoms with E-state index in [1.165, 1.54) is 0 Å². The fourth-order valence-electron chi connectivity index (χ4n) is 0. The van der Waals surface area contributed by atoms with E-state index in [9.17, 15) is 4.57 Å². The van der Waals surface area contributed by atoms with Gasteiger partial charge >= 0.3 is 64.4 Å². The Labute approximate surface area is 97.3 Å². The van der Waals surface area contributed by atoms with E-state index in [4.69, 9.17) is 9.79 Å². The van der Waals surface area contributed by atoms with Gasteiger partial charge in [-0.1, -0.05) is 0 Å². The first-order chi connectivity index (χ1) is 2.56. The molecule has 0 bridgehead atoms. The van der Waals surface area contributed by atoms with Crippen LogP contribution < -0.4 is 56.6 Å². The van der Waals surface area contributed by atoms with E-state index in [1.807, 2.05) is 0 Å². The summed E-state index contributed by atoms with van der Waals surface area (Å²) >= 11 is 0. The minimum Gasteiger partial charge on any atom is -1.00 e. The molecule has 0 saturated carbocycles. The van der Waals surface area contributed by atoms with Gasteiger partial charge in [-0.05, 0) is 0 Å². The molecule has 4 nitrogen and oxygen atoms in total. The number of phosphoric acid groups is 1. The number of rotatable bonds is 1. The summed E-state index contributed by atoms with van der Waals surface area (Å²) in [6.07, 6.45) is 0. The second-order valence-electron chi connectivity index (χ2n) is 0.673. The molecule has 0 heterocycles. The quantitative estimate of drug-likeness (QED) is 0.289. The molecule has 0 aromatic rings. The van der Waals surface area contributed by atoms with Crippen LogP contribution in [-0.2, 0) is 8.78 Å². The van der Waals surface area contributed by atoms with E-state index in [0.717, 1.165) is 0 Å². The summed E-state index contributed by atoms with van der Waals surface area (Å²) in [6.45, 7) is 0. The van der Waals surface area contributed by atoms with E-state index in [2.05, 4.69) is 4.21 Å². The summed E-state index contributed by atoms with van der Waals surface area (Å²) in [5.74, 6) is 0. The van der Waals surface area contributed by atoms with Crippen LogP contribution in [0.1, 0.15) is 4.28 Å². The van der Waals surface area contributed by atoms with Gasteiger partial charge in [0.2, 0.25) is 0 Å². The Morgan fingerprint density at radius 1 is 1.33 bits per heavy atom. The molecule has 9 heavy (non-hydrogen) atoms. The van der Waals surface area contributed by atoms with Gasteiger partial charge in [0, 0.05) is 0 Å². The van der Waals surface area contributed by atoms with Crippen molar-refractivity contribution in [2.45, 2.75) is 0 Å². The summed E-state index contributed by atoms with van der Waals surface area (Å²) in [6, 6.07) is 0. The molecule has 0 rings (SSSR count). The van der Waals surface area contributed by atoms with E-state index >= 15 is 0 Å². The first-order valence-electron chi connectivity index (χ1n) is 1.17. The fourth-order valence-corrected chi connectivity index (χ4v) is 0. The molecule has 0 aliphatic heterocycles. The van der Waals surface area contributed by atoms with Crippen molar-refractivity contribution >= 4 is 18.3 Å². The van der Waals surface area contributed by atoms with E-state index in [1.54, 1.807) is 0 Å². The van der Waals surface area contributed by atoms with Crippen LogP contribution in [0.15, 0.2) is 0 Å². The first-order valence-corrected chi connectivity index (χ1v) is 3.52. The Morgan fingerprint density at radius 2 is 1.44 bits per heavy atom. The Kier molecular flexibility index (Phi) is 25.3. The molecule has 0 fully saturated rings. The molecule has 0 unspecified atom stereocenters. The first kappa shape index (κ1) is 22.5. The smallest absolute Gasteiger partial charge is 1.00 e. The van der Waals surface area contributed by atoms with Gasteiger partial charge in [-0.15, -0.1) is 0 Å². The Hall–Kier alpha value is 2.12. The molecule has 9 heteroatoms. The second kappa shape index (κ2) is 10.1. The van der Waals surface area contributed by atoms with Gasteiger partial charge in [0.25, 0.3) is 0 Å². The zero-order valence-corrected chi connectivity index (χ0v) is 9.05. The summed E-state index contributed by atoms with van der Waals surface area (Å²) in [7, 11) is -4.00. The van der Waals surface area contributed by atoms with Crippen LogP contribution in [0, 0.1) is 0 Å². The largest absolute Gasteiger partial charge is 1.00 e. The average Bonchev–Trinajstić information content (AvgIpc) is 1.35. The van der Waals surface area contributed by atoms with E-state index < -0.39 is 7.82 Å². The summed E-state index contributed by atoms with van der Waals surface area (Å²) in [5.41, 5.74) is 0. The topological polar surface area (TPSA) is 66.8 Å². The monoisotopic (exact) mass is 152 g/mol. The van der Waals surface area contributed by atoms with Crippen molar-refractivity contribution in [3.8, 4) is 0 Å². The molecule has 0 aliphatic carbocycles. The predicted octanol–water partition coefficient (Wildman–Crippen LogP) is -10.3. The summed E-state index contributed by atoms with van der Waals surface area (Å²) in [4.78, 5) is 15.5. The van der Waals surface area contributed by atoms with Crippen LogP contribution in [0.4, 0.5) is 0 Å². The normalized spacial score (nSPS) is 8.22. The third-order valence-electron chi connectivity index (χ3n) is 0.238. The number of hydrogen-bond donors (Lipinski definition) is 2. The Morgan fingerprint density at radius 3 is 1.44 bits per heavy atom. The molecular formula is H8Li3O4PSi. The third kappa shape index (κ3) is 25.5. The molecule has 0 radical (unpaired) electrons. The SMILES string of the molecule is O=P(O)(O)O[SiH3].[H-].[H-].[H-].[Li+].[Li+].[Li+]. The second-order valence-corrected chi connectivity index (χ2v) is 3.11. The average molecular weight is 152 g/mol. The van der Waals surface area contributed by atoms with Gasteiger partial charge in [0.1, 0.15) is 0 Å². The van der Waals surface area contributed by atoms with Gasteiger partial charge in [0.05, 0.1) is 0 Å². The Balaban J connectivity index is -0.00000000833. The van der Waals surface area contributed by atoms with Crippen molar-refractivity contribution in [3.05, 3.63) is 0 Å². The van der Waals surface area contributed by atoms with Crippen molar-refractivity contribution in [1.29, 1.82) is 0 Å². The maximum Gasteiger partial charge on any atom is 1.00 e. The minimum atomic E-state index is -4.08. The maximum atomic E-state index is 9.51. The molecule has 0 aromatic carbocycles.